The predicted molar refractivity (Wildman–Crippen MR) is 48.1 cm³/mol. The van der Waals surface area contributed by atoms with Crippen molar-refractivity contribution in [1.29, 1.82) is 0 Å². The molecule has 0 radical (unpaired) electrons. The summed E-state index contributed by atoms with van der Waals surface area (Å²) in [5, 5.41) is 9.46. The fourth-order valence-electron chi connectivity index (χ4n) is 2.21. The molecule has 0 spiro atoms. The second-order valence-corrected chi connectivity index (χ2v) is 4.17. The average Bonchev–Trinajstić information content (AvgIpc) is 1.99. The standard InChI is InChI=1S/C9H18N2O/c1-10-5-8(6-10)11-4-2-3-9(12)7-11/h8-9,12H,2-7H2,1H3. The number of β-amino-alcohol motifs (C(OH)–C–C–N with tert-alkyl or cyclic N) is 1. The van der Waals surface area contributed by atoms with Crippen LogP contribution < -0.4 is 0 Å². The van der Waals surface area contributed by atoms with Gasteiger partial charge in [0.25, 0.3) is 0 Å². The van der Waals surface area contributed by atoms with Crippen molar-refractivity contribution in [3.05, 3.63) is 0 Å². The van der Waals surface area contributed by atoms with Gasteiger partial charge in [-0.15, -0.1) is 0 Å². The van der Waals surface area contributed by atoms with E-state index in [4.69, 9.17) is 0 Å². The molecule has 0 saturated carbocycles. The molecular formula is C9H18N2O. The number of piperidine rings is 1. The van der Waals surface area contributed by atoms with E-state index >= 15 is 0 Å². The Morgan fingerprint density at radius 3 is 2.58 bits per heavy atom. The van der Waals surface area contributed by atoms with Gasteiger partial charge >= 0.3 is 0 Å². The van der Waals surface area contributed by atoms with Crippen molar-refractivity contribution in [1.82, 2.24) is 9.80 Å². The summed E-state index contributed by atoms with van der Waals surface area (Å²) < 4.78 is 0. The lowest BCUT2D eigenvalue weighted by atomic mass is 10.0. The van der Waals surface area contributed by atoms with Crippen LogP contribution in [0.25, 0.3) is 0 Å². The lowest BCUT2D eigenvalue weighted by Crippen LogP contribution is -2.60. The smallest absolute Gasteiger partial charge is 0.0667 e. The number of likely N-dealkylation sites (N-methyl/N-ethyl adjacent to an activating group) is 1. The van der Waals surface area contributed by atoms with Gasteiger partial charge in [-0.05, 0) is 26.4 Å². The van der Waals surface area contributed by atoms with Crippen LogP contribution in [0.5, 0.6) is 0 Å². The molecule has 2 rings (SSSR count). The van der Waals surface area contributed by atoms with E-state index in [-0.39, 0.29) is 6.10 Å². The van der Waals surface area contributed by atoms with Crippen LogP contribution in [0.2, 0.25) is 0 Å². The van der Waals surface area contributed by atoms with Crippen molar-refractivity contribution in [2.45, 2.75) is 25.0 Å². The lowest BCUT2D eigenvalue weighted by Gasteiger charge is -2.46. The summed E-state index contributed by atoms with van der Waals surface area (Å²) in [6, 6.07) is 0.727. The minimum Gasteiger partial charge on any atom is -0.392 e. The summed E-state index contributed by atoms with van der Waals surface area (Å²) in [4.78, 5) is 4.76. The van der Waals surface area contributed by atoms with Crippen LogP contribution in [0.3, 0.4) is 0 Å². The van der Waals surface area contributed by atoms with E-state index in [0.29, 0.717) is 0 Å². The van der Waals surface area contributed by atoms with E-state index in [1.54, 1.807) is 0 Å². The summed E-state index contributed by atoms with van der Waals surface area (Å²) >= 11 is 0. The normalized spacial score (nSPS) is 35.0. The Bertz CT molecular complexity index is 157. The summed E-state index contributed by atoms with van der Waals surface area (Å²) in [5.41, 5.74) is 0. The number of aliphatic hydroxyl groups excluding tert-OH is 1. The molecule has 2 aliphatic heterocycles. The largest absolute Gasteiger partial charge is 0.392 e. The number of hydrogen-bond acceptors (Lipinski definition) is 3. The molecular weight excluding hydrogens is 152 g/mol. The maximum atomic E-state index is 9.46. The average molecular weight is 170 g/mol. The highest BCUT2D eigenvalue weighted by Crippen LogP contribution is 2.18. The van der Waals surface area contributed by atoms with E-state index in [1.165, 1.54) is 26.1 Å². The van der Waals surface area contributed by atoms with Crippen LogP contribution in [0.15, 0.2) is 0 Å². The van der Waals surface area contributed by atoms with Crippen molar-refractivity contribution in [2.75, 3.05) is 33.2 Å². The number of aliphatic hydroxyl groups is 1. The molecule has 2 aliphatic rings. The Kier molecular flexibility index (Phi) is 2.35. The first-order chi connectivity index (χ1) is 5.75. The lowest BCUT2D eigenvalue weighted by molar-refractivity contribution is -0.00581. The molecule has 0 amide bonds. The Hall–Kier alpha value is -0.120. The Morgan fingerprint density at radius 2 is 2.00 bits per heavy atom. The molecule has 2 saturated heterocycles. The number of likely N-dealkylation sites (tertiary alicyclic amines) is 2. The van der Waals surface area contributed by atoms with Gasteiger partial charge < -0.3 is 10.0 Å². The first kappa shape index (κ1) is 8.48. The SMILES string of the molecule is CN1CC(N2CCCC(O)C2)C1. The number of rotatable bonds is 1. The van der Waals surface area contributed by atoms with Crippen LogP contribution >= 0.6 is 0 Å². The molecule has 0 aromatic carbocycles. The minimum atomic E-state index is -0.0651. The fourth-order valence-corrected chi connectivity index (χ4v) is 2.21. The maximum Gasteiger partial charge on any atom is 0.0667 e. The summed E-state index contributed by atoms with van der Waals surface area (Å²) in [5.74, 6) is 0. The van der Waals surface area contributed by atoms with Gasteiger partial charge in [-0.25, -0.2) is 0 Å². The van der Waals surface area contributed by atoms with Gasteiger partial charge in [0.15, 0.2) is 0 Å². The minimum absolute atomic E-state index is 0.0651. The fraction of sp³-hybridized carbons (Fsp3) is 1.00. The molecule has 1 atom stereocenters. The maximum absolute atomic E-state index is 9.46. The van der Waals surface area contributed by atoms with Crippen molar-refractivity contribution < 1.29 is 5.11 Å². The molecule has 3 nitrogen and oxygen atoms in total. The van der Waals surface area contributed by atoms with E-state index in [0.717, 1.165) is 19.0 Å². The second-order valence-electron chi connectivity index (χ2n) is 4.17. The van der Waals surface area contributed by atoms with Gasteiger partial charge in [-0.1, -0.05) is 0 Å². The van der Waals surface area contributed by atoms with Crippen molar-refractivity contribution in [2.24, 2.45) is 0 Å². The predicted octanol–water partition coefficient (Wildman–Crippen LogP) is -0.243. The van der Waals surface area contributed by atoms with Crippen LogP contribution in [0, 0.1) is 0 Å². The molecule has 12 heavy (non-hydrogen) atoms. The van der Waals surface area contributed by atoms with Gasteiger partial charge in [-0.3, -0.25) is 4.90 Å². The highest BCUT2D eigenvalue weighted by atomic mass is 16.3. The Labute approximate surface area is 74.0 Å². The van der Waals surface area contributed by atoms with Gasteiger partial charge in [-0.2, -0.15) is 0 Å². The monoisotopic (exact) mass is 170 g/mol. The summed E-state index contributed by atoms with van der Waals surface area (Å²) in [6.45, 7) is 4.47. The van der Waals surface area contributed by atoms with Crippen LogP contribution in [-0.2, 0) is 0 Å². The Morgan fingerprint density at radius 1 is 1.25 bits per heavy atom. The summed E-state index contributed by atoms with van der Waals surface area (Å²) in [6.07, 6.45) is 2.10. The molecule has 0 aromatic rings. The van der Waals surface area contributed by atoms with Crippen LogP contribution in [0.4, 0.5) is 0 Å². The van der Waals surface area contributed by atoms with Crippen molar-refractivity contribution in [3.8, 4) is 0 Å². The second kappa shape index (κ2) is 3.32. The van der Waals surface area contributed by atoms with E-state index in [2.05, 4.69) is 16.8 Å². The molecule has 0 aromatic heterocycles. The summed E-state index contributed by atoms with van der Waals surface area (Å²) in [7, 11) is 2.15. The van der Waals surface area contributed by atoms with Crippen molar-refractivity contribution >= 4 is 0 Å². The highest BCUT2D eigenvalue weighted by molar-refractivity contribution is 4.88. The van der Waals surface area contributed by atoms with E-state index < -0.39 is 0 Å². The van der Waals surface area contributed by atoms with Crippen molar-refractivity contribution in [3.63, 3.8) is 0 Å². The van der Waals surface area contributed by atoms with Crippen LogP contribution in [-0.4, -0.2) is 60.3 Å². The number of hydrogen-bond donors (Lipinski definition) is 1. The number of nitrogens with zero attached hydrogens (tertiary/aromatic N) is 2. The highest BCUT2D eigenvalue weighted by Gasteiger charge is 2.31. The van der Waals surface area contributed by atoms with Gasteiger partial charge in [0.2, 0.25) is 0 Å². The van der Waals surface area contributed by atoms with Gasteiger partial charge in [0, 0.05) is 25.7 Å². The quantitative estimate of drug-likeness (QED) is 0.588. The zero-order valence-corrected chi connectivity index (χ0v) is 7.74. The third-order valence-electron chi connectivity index (χ3n) is 2.99. The molecule has 1 unspecified atom stereocenters. The van der Waals surface area contributed by atoms with Gasteiger partial charge in [0.05, 0.1) is 6.10 Å². The Balaban J connectivity index is 1.80. The molecule has 2 heterocycles. The first-order valence-corrected chi connectivity index (χ1v) is 4.86. The molecule has 70 valence electrons. The first-order valence-electron chi connectivity index (χ1n) is 4.86. The topological polar surface area (TPSA) is 26.7 Å². The zero-order chi connectivity index (χ0) is 8.55. The molecule has 0 aliphatic carbocycles. The third kappa shape index (κ3) is 1.63. The molecule has 3 heteroatoms. The van der Waals surface area contributed by atoms with E-state index in [1.807, 2.05) is 0 Å². The zero-order valence-electron chi connectivity index (χ0n) is 7.74. The molecule has 1 N–H and O–H groups in total. The third-order valence-corrected chi connectivity index (χ3v) is 2.99. The van der Waals surface area contributed by atoms with Crippen LogP contribution in [0.1, 0.15) is 12.8 Å². The molecule has 2 fully saturated rings. The van der Waals surface area contributed by atoms with Gasteiger partial charge in [0.1, 0.15) is 0 Å². The van der Waals surface area contributed by atoms with E-state index in [9.17, 15) is 5.11 Å². The molecule has 0 bridgehead atoms.